The van der Waals surface area contributed by atoms with Gasteiger partial charge in [0.05, 0.1) is 18.1 Å². The number of hydrogen-bond donors (Lipinski definition) is 1. The molecule has 0 atom stereocenters. The van der Waals surface area contributed by atoms with Crippen LogP contribution in [0, 0.1) is 5.82 Å². The molecule has 0 unspecified atom stereocenters. The third kappa shape index (κ3) is 3.43. The molecule has 0 bridgehead atoms. The predicted molar refractivity (Wildman–Crippen MR) is 66.6 cm³/mol. The van der Waals surface area contributed by atoms with E-state index in [2.05, 4.69) is 0 Å². The average molecular weight is 289 g/mol. The fourth-order valence-corrected chi connectivity index (χ4v) is 2.86. The smallest absolute Gasteiger partial charge is 0.262 e. The summed E-state index contributed by atoms with van der Waals surface area (Å²) in [5.41, 5.74) is 0. The van der Waals surface area contributed by atoms with Crippen LogP contribution in [0.25, 0.3) is 0 Å². The second-order valence-electron chi connectivity index (χ2n) is 4.41. The van der Waals surface area contributed by atoms with Gasteiger partial charge in [-0.15, -0.1) is 0 Å². The highest BCUT2D eigenvalue weighted by Gasteiger charge is 2.21. The number of sulfonamides is 1. The maximum absolute atomic E-state index is 13.5. The van der Waals surface area contributed by atoms with E-state index in [4.69, 9.17) is 9.57 Å². The molecule has 0 heterocycles. The number of nitrogens with one attached hydrogen (secondary N) is 1. The van der Waals surface area contributed by atoms with Gasteiger partial charge in [-0.25, -0.2) is 12.8 Å². The van der Waals surface area contributed by atoms with Crippen molar-refractivity contribution in [3.05, 3.63) is 24.0 Å². The molecule has 7 heteroatoms. The maximum atomic E-state index is 13.5. The molecule has 1 aromatic rings. The minimum absolute atomic E-state index is 0.00402. The Bertz CT molecular complexity index is 541. The summed E-state index contributed by atoms with van der Waals surface area (Å²) >= 11 is 0. The maximum Gasteiger partial charge on any atom is 0.262 e. The van der Waals surface area contributed by atoms with Gasteiger partial charge >= 0.3 is 0 Å². The molecular weight excluding hydrogens is 273 g/mol. The highest BCUT2D eigenvalue weighted by Crippen LogP contribution is 2.22. The van der Waals surface area contributed by atoms with Gasteiger partial charge in [-0.1, -0.05) is 17.7 Å². The fraction of sp³-hybridized carbons (Fsp3) is 0.500. The first-order valence-electron chi connectivity index (χ1n) is 6.04. The Morgan fingerprint density at radius 3 is 2.58 bits per heavy atom. The van der Waals surface area contributed by atoms with Gasteiger partial charge < -0.3 is 4.74 Å². The highest BCUT2D eigenvalue weighted by atomic mass is 32.2. The second kappa shape index (κ2) is 5.85. The van der Waals surface area contributed by atoms with Gasteiger partial charge in [0.15, 0.2) is 11.6 Å². The van der Waals surface area contributed by atoms with Crippen molar-refractivity contribution in [2.24, 2.45) is 0 Å². The molecule has 1 aromatic carbocycles. The Balaban J connectivity index is 2.08. The minimum atomic E-state index is -3.86. The molecule has 106 valence electrons. The van der Waals surface area contributed by atoms with E-state index < -0.39 is 15.8 Å². The number of ether oxygens (including phenoxy) is 1. The zero-order chi connectivity index (χ0) is 13.9. The van der Waals surface area contributed by atoms with Gasteiger partial charge in [0.1, 0.15) is 0 Å². The molecule has 1 saturated carbocycles. The minimum Gasteiger partial charge on any atom is -0.494 e. The first kappa shape index (κ1) is 14.2. The van der Waals surface area contributed by atoms with Crippen LogP contribution >= 0.6 is 0 Å². The Morgan fingerprint density at radius 1 is 1.32 bits per heavy atom. The van der Waals surface area contributed by atoms with Gasteiger partial charge in [0.2, 0.25) is 0 Å². The second-order valence-corrected chi connectivity index (χ2v) is 6.05. The van der Waals surface area contributed by atoms with Crippen LogP contribution in [0.3, 0.4) is 0 Å². The summed E-state index contributed by atoms with van der Waals surface area (Å²) in [7, 11) is -2.55. The molecular formula is C12H16FNO4S. The van der Waals surface area contributed by atoms with E-state index in [1.165, 1.54) is 19.2 Å². The van der Waals surface area contributed by atoms with Crippen LogP contribution in [0.1, 0.15) is 25.7 Å². The lowest BCUT2D eigenvalue weighted by Gasteiger charge is -2.12. The van der Waals surface area contributed by atoms with Crippen LogP contribution < -0.4 is 9.62 Å². The lowest BCUT2D eigenvalue weighted by atomic mass is 10.3. The van der Waals surface area contributed by atoms with Crippen molar-refractivity contribution in [2.45, 2.75) is 36.7 Å². The van der Waals surface area contributed by atoms with Gasteiger partial charge in [-0.05, 0) is 31.0 Å². The summed E-state index contributed by atoms with van der Waals surface area (Å²) in [4.78, 5) is 6.98. The number of hydrogen-bond acceptors (Lipinski definition) is 4. The fourth-order valence-electron chi connectivity index (χ4n) is 2.00. The monoisotopic (exact) mass is 289 g/mol. The van der Waals surface area contributed by atoms with Crippen molar-refractivity contribution >= 4 is 10.0 Å². The molecule has 1 fully saturated rings. The quantitative estimate of drug-likeness (QED) is 0.842. The molecule has 0 aliphatic heterocycles. The van der Waals surface area contributed by atoms with Crippen LogP contribution in [0.2, 0.25) is 0 Å². The van der Waals surface area contributed by atoms with Gasteiger partial charge in [0, 0.05) is 0 Å². The van der Waals surface area contributed by atoms with E-state index in [0.717, 1.165) is 31.7 Å². The van der Waals surface area contributed by atoms with Gasteiger partial charge in [-0.2, -0.15) is 0 Å². The molecule has 0 radical (unpaired) electrons. The Hall–Kier alpha value is -1.18. The summed E-state index contributed by atoms with van der Waals surface area (Å²) < 4.78 is 42.0. The number of methoxy groups -OCH3 is 1. The standard InChI is InChI=1S/C12H16FNO4S/c1-17-12-7-6-10(8-11(12)13)19(15,16)14-18-9-4-2-3-5-9/h6-9,14H,2-5H2,1H3. The van der Waals surface area contributed by atoms with Crippen molar-refractivity contribution in [1.82, 2.24) is 4.89 Å². The largest absolute Gasteiger partial charge is 0.494 e. The van der Waals surface area contributed by atoms with E-state index >= 15 is 0 Å². The third-order valence-electron chi connectivity index (χ3n) is 3.06. The lowest BCUT2D eigenvalue weighted by molar-refractivity contribution is 0.0223. The first-order valence-corrected chi connectivity index (χ1v) is 7.52. The Kier molecular flexibility index (Phi) is 4.38. The molecule has 1 N–H and O–H groups in total. The molecule has 0 spiro atoms. The topological polar surface area (TPSA) is 64.6 Å². The van der Waals surface area contributed by atoms with Crippen molar-refractivity contribution < 1.29 is 22.4 Å². The normalized spacial score (nSPS) is 16.7. The molecule has 0 aromatic heterocycles. The van der Waals surface area contributed by atoms with Gasteiger partial charge in [-0.3, -0.25) is 4.84 Å². The Labute approximate surface area is 111 Å². The van der Waals surface area contributed by atoms with Gasteiger partial charge in [0.25, 0.3) is 10.0 Å². The van der Waals surface area contributed by atoms with Crippen molar-refractivity contribution in [3.8, 4) is 5.75 Å². The summed E-state index contributed by atoms with van der Waals surface area (Å²) in [5.74, 6) is -0.734. The molecule has 1 aliphatic carbocycles. The van der Waals surface area contributed by atoms with Crippen molar-refractivity contribution in [2.75, 3.05) is 7.11 Å². The molecule has 1 aliphatic rings. The summed E-state index contributed by atoms with van der Waals surface area (Å²) in [6.45, 7) is 0. The lowest BCUT2D eigenvalue weighted by Crippen LogP contribution is -2.28. The van der Waals surface area contributed by atoms with Crippen LogP contribution in [0.4, 0.5) is 4.39 Å². The number of rotatable bonds is 5. The number of halogens is 1. The van der Waals surface area contributed by atoms with Crippen LogP contribution in [-0.4, -0.2) is 21.6 Å². The van der Waals surface area contributed by atoms with E-state index in [-0.39, 0.29) is 16.7 Å². The van der Waals surface area contributed by atoms with E-state index in [1.54, 1.807) is 0 Å². The molecule has 2 rings (SSSR count). The van der Waals surface area contributed by atoms with Crippen molar-refractivity contribution in [3.63, 3.8) is 0 Å². The highest BCUT2D eigenvalue weighted by molar-refractivity contribution is 7.89. The van der Waals surface area contributed by atoms with E-state index in [0.29, 0.717) is 0 Å². The van der Waals surface area contributed by atoms with Crippen LogP contribution in [0.15, 0.2) is 23.1 Å². The zero-order valence-electron chi connectivity index (χ0n) is 10.6. The average Bonchev–Trinajstić information content (AvgIpc) is 2.89. The summed E-state index contributed by atoms with van der Waals surface area (Å²) in [6, 6.07) is 3.43. The first-order chi connectivity index (χ1) is 9.03. The summed E-state index contributed by atoms with van der Waals surface area (Å²) in [6.07, 6.45) is 3.63. The molecule has 5 nitrogen and oxygen atoms in total. The van der Waals surface area contributed by atoms with Crippen molar-refractivity contribution in [1.29, 1.82) is 0 Å². The molecule has 0 saturated heterocycles. The zero-order valence-corrected chi connectivity index (χ0v) is 11.4. The van der Waals surface area contributed by atoms with Crippen LogP contribution in [-0.2, 0) is 14.9 Å². The Morgan fingerprint density at radius 2 is 2.00 bits per heavy atom. The predicted octanol–water partition coefficient (Wildman–Crippen LogP) is 1.99. The third-order valence-corrected chi connectivity index (χ3v) is 4.25. The summed E-state index contributed by atoms with van der Waals surface area (Å²) in [5, 5.41) is 0. The van der Waals surface area contributed by atoms with E-state index in [9.17, 15) is 12.8 Å². The molecule has 0 amide bonds. The van der Waals surface area contributed by atoms with Crippen LogP contribution in [0.5, 0.6) is 5.75 Å². The molecule has 19 heavy (non-hydrogen) atoms. The number of benzene rings is 1. The van der Waals surface area contributed by atoms with E-state index in [1.807, 2.05) is 4.89 Å². The SMILES string of the molecule is COc1ccc(S(=O)(=O)NOC2CCCC2)cc1F.